The molecule has 5 nitrogen and oxygen atoms in total. The van der Waals surface area contributed by atoms with Gasteiger partial charge in [-0.05, 0) is 49.1 Å². The van der Waals surface area contributed by atoms with E-state index in [2.05, 4.69) is 21.9 Å². The molecule has 2 aromatic rings. The van der Waals surface area contributed by atoms with Gasteiger partial charge in [-0.25, -0.2) is 13.1 Å². The molecule has 126 valence electrons. The molecular weight excluding hydrogens is 334 g/mol. The van der Waals surface area contributed by atoms with Crippen LogP contribution in [0.1, 0.15) is 19.8 Å². The summed E-state index contributed by atoms with van der Waals surface area (Å²) < 4.78 is 28.1. The van der Waals surface area contributed by atoms with Crippen LogP contribution < -0.4 is 10.0 Å². The summed E-state index contributed by atoms with van der Waals surface area (Å²) in [6.07, 6.45) is 3.77. The Morgan fingerprint density at radius 3 is 2.87 bits per heavy atom. The summed E-state index contributed by atoms with van der Waals surface area (Å²) in [5.41, 5.74) is 0.657. The molecule has 0 bridgehead atoms. The first-order valence-electron chi connectivity index (χ1n) is 7.54. The summed E-state index contributed by atoms with van der Waals surface area (Å²) in [5, 5.41) is 3.99. The highest BCUT2D eigenvalue weighted by Gasteiger charge is 2.29. The van der Waals surface area contributed by atoms with E-state index in [0.717, 1.165) is 25.9 Å². The Morgan fingerprint density at radius 2 is 2.13 bits per heavy atom. The van der Waals surface area contributed by atoms with Gasteiger partial charge in [-0.1, -0.05) is 13.0 Å². The summed E-state index contributed by atoms with van der Waals surface area (Å²) in [7, 11) is -3.54. The highest BCUT2D eigenvalue weighted by molar-refractivity contribution is 7.89. The van der Waals surface area contributed by atoms with Gasteiger partial charge in [0, 0.05) is 24.7 Å². The van der Waals surface area contributed by atoms with E-state index in [9.17, 15) is 8.42 Å². The maximum Gasteiger partial charge on any atom is 0.241 e. The number of sulfonamides is 1. The van der Waals surface area contributed by atoms with E-state index in [0.29, 0.717) is 22.3 Å². The lowest BCUT2D eigenvalue weighted by atomic mass is 9.83. The van der Waals surface area contributed by atoms with Gasteiger partial charge in [0.2, 0.25) is 10.0 Å². The Kier molecular flexibility index (Phi) is 5.62. The van der Waals surface area contributed by atoms with Gasteiger partial charge in [-0.15, -0.1) is 12.4 Å². The Hall–Kier alpha value is -1.21. The second kappa shape index (κ2) is 7.13. The van der Waals surface area contributed by atoms with Crippen LogP contribution in [0.4, 0.5) is 0 Å². The zero-order valence-electron chi connectivity index (χ0n) is 13.1. The largest absolute Gasteiger partial charge is 0.316 e. The SMILES string of the molecule is CC1(CNS(=O)(=O)c2cccc3ncccc23)CCCNC1.Cl. The lowest BCUT2D eigenvalue weighted by Crippen LogP contribution is -2.45. The quantitative estimate of drug-likeness (QED) is 0.883. The van der Waals surface area contributed by atoms with Gasteiger partial charge in [0.1, 0.15) is 0 Å². The molecule has 1 atom stereocenters. The van der Waals surface area contributed by atoms with E-state index in [4.69, 9.17) is 0 Å². The van der Waals surface area contributed by atoms with E-state index >= 15 is 0 Å². The second-order valence-corrected chi connectivity index (χ2v) is 7.98. The van der Waals surface area contributed by atoms with Crippen molar-refractivity contribution < 1.29 is 8.42 Å². The number of benzene rings is 1. The van der Waals surface area contributed by atoms with Crippen LogP contribution in [-0.2, 0) is 10.0 Å². The summed E-state index contributed by atoms with van der Waals surface area (Å²) in [6.45, 7) is 4.41. The number of fused-ring (bicyclic) bond motifs is 1. The van der Waals surface area contributed by atoms with Crippen molar-refractivity contribution in [3.05, 3.63) is 36.5 Å². The number of rotatable bonds is 4. The van der Waals surface area contributed by atoms with Crippen LogP contribution in [-0.4, -0.2) is 33.0 Å². The smallest absolute Gasteiger partial charge is 0.241 e. The van der Waals surface area contributed by atoms with Crippen molar-refractivity contribution in [1.82, 2.24) is 15.0 Å². The van der Waals surface area contributed by atoms with E-state index < -0.39 is 10.0 Å². The Bertz CT molecular complexity index is 768. The first kappa shape index (κ1) is 18.1. The fourth-order valence-electron chi connectivity index (χ4n) is 2.93. The van der Waals surface area contributed by atoms with Gasteiger partial charge in [-0.2, -0.15) is 0 Å². The Morgan fingerprint density at radius 1 is 1.30 bits per heavy atom. The van der Waals surface area contributed by atoms with Crippen molar-refractivity contribution in [1.29, 1.82) is 0 Å². The Labute approximate surface area is 143 Å². The average molecular weight is 356 g/mol. The van der Waals surface area contributed by atoms with E-state index in [1.807, 2.05) is 6.07 Å². The van der Waals surface area contributed by atoms with Gasteiger partial charge in [-0.3, -0.25) is 4.98 Å². The van der Waals surface area contributed by atoms with Crippen molar-refractivity contribution >= 4 is 33.3 Å². The fourth-order valence-corrected chi connectivity index (χ4v) is 4.34. The van der Waals surface area contributed by atoms with Crippen LogP contribution in [0.25, 0.3) is 10.9 Å². The summed E-state index contributed by atoms with van der Waals surface area (Å²) >= 11 is 0. The molecule has 1 aromatic carbocycles. The van der Waals surface area contributed by atoms with E-state index in [1.165, 1.54) is 0 Å². The Balaban J connectivity index is 0.00000192. The molecule has 7 heteroatoms. The predicted molar refractivity (Wildman–Crippen MR) is 94.4 cm³/mol. The zero-order valence-corrected chi connectivity index (χ0v) is 14.7. The minimum absolute atomic E-state index is 0. The molecule has 2 heterocycles. The number of piperidine rings is 1. The van der Waals surface area contributed by atoms with Gasteiger partial charge < -0.3 is 5.32 Å². The molecule has 1 unspecified atom stereocenters. The van der Waals surface area contributed by atoms with Gasteiger partial charge in [0.25, 0.3) is 0 Å². The second-order valence-electron chi connectivity index (χ2n) is 6.24. The van der Waals surface area contributed by atoms with E-state index in [-0.39, 0.29) is 17.8 Å². The third-order valence-electron chi connectivity index (χ3n) is 4.27. The number of nitrogens with one attached hydrogen (secondary N) is 2. The first-order chi connectivity index (χ1) is 10.5. The normalized spacial score (nSPS) is 21.8. The van der Waals surface area contributed by atoms with Crippen molar-refractivity contribution in [3.8, 4) is 0 Å². The minimum Gasteiger partial charge on any atom is -0.316 e. The molecule has 0 saturated carbocycles. The van der Waals surface area contributed by atoms with Crippen molar-refractivity contribution in [2.75, 3.05) is 19.6 Å². The standard InChI is InChI=1S/C16H21N3O2S.ClH/c1-16(8-4-9-17-11-16)12-19-22(20,21)15-7-2-6-14-13(15)5-3-10-18-14;/h2-3,5-7,10,17,19H,4,8-9,11-12H2,1H3;1H. The third-order valence-corrected chi connectivity index (χ3v) is 5.73. The molecule has 0 aliphatic carbocycles. The number of hydrogen-bond donors (Lipinski definition) is 2. The highest BCUT2D eigenvalue weighted by atomic mass is 35.5. The van der Waals surface area contributed by atoms with E-state index in [1.54, 1.807) is 30.5 Å². The number of nitrogens with zero attached hydrogens (tertiary/aromatic N) is 1. The zero-order chi connectivity index (χ0) is 15.6. The fraction of sp³-hybridized carbons (Fsp3) is 0.438. The molecule has 1 saturated heterocycles. The van der Waals surface area contributed by atoms with Gasteiger partial charge in [0.05, 0.1) is 10.4 Å². The molecule has 1 aromatic heterocycles. The number of pyridine rings is 1. The van der Waals surface area contributed by atoms with Crippen LogP contribution in [0.15, 0.2) is 41.4 Å². The van der Waals surface area contributed by atoms with Crippen molar-refractivity contribution in [3.63, 3.8) is 0 Å². The summed E-state index contributed by atoms with van der Waals surface area (Å²) in [6, 6.07) is 8.73. The average Bonchev–Trinajstić information content (AvgIpc) is 2.53. The lowest BCUT2D eigenvalue weighted by Gasteiger charge is -2.34. The van der Waals surface area contributed by atoms with Crippen LogP contribution in [0, 0.1) is 5.41 Å². The topological polar surface area (TPSA) is 71.1 Å². The van der Waals surface area contributed by atoms with Crippen LogP contribution >= 0.6 is 12.4 Å². The van der Waals surface area contributed by atoms with Crippen molar-refractivity contribution in [2.45, 2.75) is 24.7 Å². The van der Waals surface area contributed by atoms with Gasteiger partial charge in [0.15, 0.2) is 0 Å². The van der Waals surface area contributed by atoms with Crippen LogP contribution in [0.5, 0.6) is 0 Å². The molecule has 0 spiro atoms. The van der Waals surface area contributed by atoms with Crippen molar-refractivity contribution in [2.24, 2.45) is 5.41 Å². The first-order valence-corrected chi connectivity index (χ1v) is 9.03. The highest BCUT2D eigenvalue weighted by Crippen LogP contribution is 2.26. The minimum atomic E-state index is -3.54. The monoisotopic (exact) mass is 355 g/mol. The maximum absolute atomic E-state index is 12.7. The molecule has 2 N–H and O–H groups in total. The molecular formula is C16H22ClN3O2S. The predicted octanol–water partition coefficient (Wildman–Crippen LogP) is 2.32. The van der Waals surface area contributed by atoms with Crippen LogP contribution in [0.3, 0.4) is 0 Å². The summed E-state index contributed by atoms with van der Waals surface area (Å²) in [4.78, 5) is 4.51. The molecule has 1 aliphatic heterocycles. The number of hydrogen-bond acceptors (Lipinski definition) is 4. The molecule has 0 amide bonds. The maximum atomic E-state index is 12.7. The van der Waals surface area contributed by atoms with Crippen LogP contribution in [0.2, 0.25) is 0 Å². The molecule has 23 heavy (non-hydrogen) atoms. The lowest BCUT2D eigenvalue weighted by molar-refractivity contribution is 0.238. The number of halogens is 1. The molecule has 0 radical (unpaired) electrons. The summed E-state index contributed by atoms with van der Waals surface area (Å²) in [5.74, 6) is 0. The van der Waals surface area contributed by atoms with Gasteiger partial charge >= 0.3 is 0 Å². The molecule has 1 fully saturated rings. The molecule has 3 rings (SSSR count). The molecule has 1 aliphatic rings. The third kappa shape index (κ3) is 4.01. The number of aromatic nitrogens is 1.